The summed E-state index contributed by atoms with van der Waals surface area (Å²) in [5.74, 6) is -1.25. The van der Waals surface area contributed by atoms with E-state index in [2.05, 4.69) is 10.6 Å². The fraction of sp³-hybridized carbons (Fsp3) is 0.318. The van der Waals surface area contributed by atoms with E-state index in [1.54, 1.807) is 42.5 Å². The summed E-state index contributed by atoms with van der Waals surface area (Å²) in [7, 11) is -1.34. The monoisotopic (exact) mass is 461 g/mol. The molecule has 0 aliphatic carbocycles. The van der Waals surface area contributed by atoms with Gasteiger partial charge in [0.05, 0.1) is 23.3 Å². The van der Waals surface area contributed by atoms with Crippen molar-refractivity contribution < 1.29 is 28.4 Å². The molecule has 0 fully saturated rings. The summed E-state index contributed by atoms with van der Waals surface area (Å²) in [4.78, 5) is 36.1. The lowest BCUT2D eigenvalue weighted by Crippen LogP contribution is -2.46. The standard InChI is InChI=1S/C22H27N3O6S/c23-21(28)19(11-12-32(30)18-9-5-2-6-10-18)25-20(27)13-17(26)14-24-22(29)31-15-16-7-3-1-4-8-16/h1-10,17,19,26H,11-15H2,(H2,23,28)(H,24,29)(H,25,27)/t17-,19+,32-/m0/s1. The van der Waals surface area contributed by atoms with Crippen molar-refractivity contribution in [2.24, 2.45) is 5.73 Å². The average Bonchev–Trinajstić information content (AvgIpc) is 2.79. The third kappa shape index (κ3) is 9.27. The third-order valence-corrected chi connectivity index (χ3v) is 5.80. The van der Waals surface area contributed by atoms with Gasteiger partial charge in [0.15, 0.2) is 0 Å². The van der Waals surface area contributed by atoms with Crippen LogP contribution in [0.5, 0.6) is 0 Å². The Bertz CT molecular complexity index is 910. The summed E-state index contributed by atoms with van der Waals surface area (Å²) < 4.78 is 17.3. The van der Waals surface area contributed by atoms with Gasteiger partial charge in [-0.25, -0.2) is 4.79 Å². The molecule has 2 aromatic carbocycles. The maximum Gasteiger partial charge on any atom is 0.407 e. The molecule has 0 aromatic heterocycles. The molecule has 0 saturated heterocycles. The second-order valence-corrected chi connectivity index (χ2v) is 8.55. The molecule has 0 spiro atoms. The molecule has 3 atom stereocenters. The number of rotatable bonds is 12. The molecule has 5 N–H and O–H groups in total. The predicted octanol–water partition coefficient (Wildman–Crippen LogP) is 0.832. The summed E-state index contributed by atoms with van der Waals surface area (Å²) >= 11 is 0. The Hall–Kier alpha value is -3.24. The third-order valence-electron chi connectivity index (χ3n) is 4.39. The molecule has 0 aliphatic heterocycles. The normalized spacial score (nSPS) is 13.4. The number of amides is 3. The molecule has 0 radical (unpaired) electrons. The van der Waals surface area contributed by atoms with E-state index in [9.17, 15) is 23.7 Å². The zero-order chi connectivity index (χ0) is 23.3. The van der Waals surface area contributed by atoms with Crippen molar-refractivity contribution in [2.75, 3.05) is 12.3 Å². The van der Waals surface area contributed by atoms with E-state index < -0.39 is 40.9 Å². The number of benzene rings is 2. The SMILES string of the molecule is NC(=O)[C@@H](CC[S@](=O)c1ccccc1)NC(=O)C[C@H](O)CNC(=O)OCc1ccccc1. The topological polar surface area (TPSA) is 148 Å². The van der Waals surface area contributed by atoms with Crippen LogP contribution in [0.4, 0.5) is 4.79 Å². The molecule has 9 nitrogen and oxygen atoms in total. The number of carbonyl (C=O) groups excluding carboxylic acids is 3. The Labute approximate surface area is 188 Å². The van der Waals surface area contributed by atoms with E-state index in [-0.39, 0.29) is 31.7 Å². The first kappa shape index (κ1) is 25.0. The minimum atomic E-state index is -1.34. The zero-order valence-corrected chi connectivity index (χ0v) is 18.3. The molecule has 0 unspecified atom stereocenters. The number of hydrogen-bond acceptors (Lipinski definition) is 6. The number of nitrogens with one attached hydrogen (secondary N) is 2. The second-order valence-electron chi connectivity index (χ2n) is 6.97. The summed E-state index contributed by atoms with van der Waals surface area (Å²) in [6.07, 6.45) is -2.19. The van der Waals surface area contributed by atoms with E-state index >= 15 is 0 Å². The largest absolute Gasteiger partial charge is 0.445 e. The lowest BCUT2D eigenvalue weighted by Gasteiger charge is -2.17. The molecule has 172 valence electrons. The van der Waals surface area contributed by atoms with Crippen LogP contribution in [0.3, 0.4) is 0 Å². The molecule has 0 heterocycles. The number of nitrogens with two attached hydrogens (primary N) is 1. The van der Waals surface area contributed by atoms with Gasteiger partial charge in [-0.15, -0.1) is 0 Å². The van der Waals surface area contributed by atoms with Crippen molar-refractivity contribution in [1.82, 2.24) is 10.6 Å². The van der Waals surface area contributed by atoms with Crippen molar-refractivity contribution in [3.8, 4) is 0 Å². The first-order valence-corrected chi connectivity index (χ1v) is 11.3. The van der Waals surface area contributed by atoms with Crippen LogP contribution >= 0.6 is 0 Å². The van der Waals surface area contributed by atoms with Gasteiger partial charge in [-0.3, -0.25) is 13.8 Å². The average molecular weight is 462 g/mol. The maximum atomic E-state index is 12.3. The Morgan fingerprint density at radius 1 is 1.03 bits per heavy atom. The summed E-state index contributed by atoms with van der Waals surface area (Å²) in [6.45, 7) is -0.131. The molecular weight excluding hydrogens is 434 g/mol. The molecule has 0 aliphatic rings. The van der Waals surface area contributed by atoms with Crippen molar-refractivity contribution in [1.29, 1.82) is 0 Å². The summed E-state index contributed by atoms with van der Waals surface area (Å²) in [6, 6.07) is 16.8. The van der Waals surface area contributed by atoms with Crippen LogP contribution in [0.25, 0.3) is 0 Å². The van der Waals surface area contributed by atoms with Crippen LogP contribution in [-0.2, 0) is 31.7 Å². The van der Waals surface area contributed by atoms with E-state index in [4.69, 9.17) is 10.5 Å². The lowest BCUT2D eigenvalue weighted by molar-refractivity contribution is -0.128. The number of carbonyl (C=O) groups is 3. The Morgan fingerprint density at radius 3 is 2.28 bits per heavy atom. The smallest absolute Gasteiger partial charge is 0.407 e. The first-order chi connectivity index (χ1) is 15.3. The van der Waals surface area contributed by atoms with Gasteiger partial charge in [-0.05, 0) is 24.1 Å². The quantitative estimate of drug-likeness (QED) is 0.368. The number of aliphatic hydroxyl groups is 1. The Kier molecular flexibility index (Phi) is 10.3. The highest BCUT2D eigenvalue weighted by molar-refractivity contribution is 7.85. The fourth-order valence-corrected chi connectivity index (χ4v) is 3.86. The van der Waals surface area contributed by atoms with Gasteiger partial charge in [0.25, 0.3) is 0 Å². The highest BCUT2D eigenvalue weighted by Gasteiger charge is 2.21. The number of ether oxygens (including phenoxy) is 1. The van der Waals surface area contributed by atoms with E-state index in [1.165, 1.54) is 0 Å². The van der Waals surface area contributed by atoms with Gasteiger partial charge in [-0.1, -0.05) is 48.5 Å². The molecule has 0 saturated carbocycles. The van der Waals surface area contributed by atoms with Crippen LogP contribution in [-0.4, -0.2) is 51.7 Å². The Balaban J connectivity index is 1.70. The minimum Gasteiger partial charge on any atom is -0.445 e. The lowest BCUT2D eigenvalue weighted by atomic mass is 10.2. The van der Waals surface area contributed by atoms with Gasteiger partial charge in [0, 0.05) is 17.2 Å². The summed E-state index contributed by atoms with van der Waals surface area (Å²) in [5.41, 5.74) is 6.14. The summed E-state index contributed by atoms with van der Waals surface area (Å²) in [5, 5.41) is 14.8. The zero-order valence-electron chi connectivity index (χ0n) is 17.4. The fourth-order valence-electron chi connectivity index (χ4n) is 2.72. The van der Waals surface area contributed by atoms with Gasteiger partial charge in [-0.2, -0.15) is 0 Å². The van der Waals surface area contributed by atoms with E-state index in [1.807, 2.05) is 18.2 Å². The molecule has 32 heavy (non-hydrogen) atoms. The van der Waals surface area contributed by atoms with Gasteiger partial charge >= 0.3 is 6.09 Å². The number of hydrogen-bond donors (Lipinski definition) is 4. The molecule has 10 heteroatoms. The highest BCUT2D eigenvalue weighted by atomic mass is 32.2. The molecule has 0 bridgehead atoms. The van der Waals surface area contributed by atoms with Gasteiger partial charge in [0.1, 0.15) is 12.6 Å². The first-order valence-electron chi connectivity index (χ1n) is 10.00. The molecular formula is C22H27N3O6S. The minimum absolute atomic E-state index is 0.0773. The van der Waals surface area contributed by atoms with E-state index in [0.29, 0.717) is 4.90 Å². The van der Waals surface area contributed by atoms with Crippen molar-refractivity contribution >= 4 is 28.7 Å². The molecule has 2 aromatic rings. The van der Waals surface area contributed by atoms with Crippen LogP contribution in [0, 0.1) is 0 Å². The number of aliphatic hydroxyl groups excluding tert-OH is 1. The number of alkyl carbamates (subject to hydrolysis) is 1. The Morgan fingerprint density at radius 2 is 1.66 bits per heavy atom. The van der Waals surface area contributed by atoms with E-state index in [0.717, 1.165) is 5.56 Å². The van der Waals surface area contributed by atoms with Crippen molar-refractivity contribution in [3.63, 3.8) is 0 Å². The van der Waals surface area contributed by atoms with Crippen LogP contribution in [0.15, 0.2) is 65.6 Å². The molecule has 2 rings (SSSR count). The molecule has 3 amide bonds. The number of primary amides is 1. The van der Waals surface area contributed by atoms with Crippen LogP contribution in [0.2, 0.25) is 0 Å². The van der Waals surface area contributed by atoms with Crippen molar-refractivity contribution in [3.05, 3.63) is 66.2 Å². The predicted molar refractivity (Wildman–Crippen MR) is 119 cm³/mol. The van der Waals surface area contributed by atoms with Crippen molar-refractivity contribution in [2.45, 2.75) is 36.5 Å². The second kappa shape index (κ2) is 13.2. The highest BCUT2D eigenvalue weighted by Crippen LogP contribution is 2.08. The van der Waals surface area contributed by atoms with Gasteiger partial charge < -0.3 is 26.2 Å². The maximum absolute atomic E-state index is 12.3. The van der Waals surface area contributed by atoms with Gasteiger partial charge in [0.2, 0.25) is 11.8 Å². The van der Waals surface area contributed by atoms with Crippen LogP contribution < -0.4 is 16.4 Å². The van der Waals surface area contributed by atoms with Crippen LogP contribution in [0.1, 0.15) is 18.4 Å².